The number of rotatable bonds is 2. The molecule has 0 aromatic carbocycles. The molecule has 5 nitrogen and oxygen atoms in total. The number of nitrogens with zero attached hydrogens (tertiary/aromatic N) is 2. The highest BCUT2D eigenvalue weighted by Gasteiger charge is 2.25. The summed E-state index contributed by atoms with van der Waals surface area (Å²) in [5.74, 6) is 0.334. The summed E-state index contributed by atoms with van der Waals surface area (Å²) in [6, 6.07) is 1.57. The molecule has 0 aliphatic carbocycles. The van der Waals surface area contributed by atoms with Gasteiger partial charge in [0, 0.05) is 6.07 Å². The van der Waals surface area contributed by atoms with Gasteiger partial charge in [-0.2, -0.15) is 9.78 Å². The van der Waals surface area contributed by atoms with Crippen molar-refractivity contribution in [2.24, 2.45) is 5.73 Å². The number of nitrogen functional groups attached to an aromatic ring is 1. The molecule has 1 unspecified atom stereocenters. The Morgan fingerprint density at radius 1 is 1.79 bits per heavy atom. The Bertz CT molecular complexity index is 358. The lowest BCUT2D eigenvalue weighted by Crippen LogP contribution is -2.24. The Kier molecular flexibility index (Phi) is 2.77. The van der Waals surface area contributed by atoms with Crippen LogP contribution in [0.15, 0.2) is 6.07 Å². The summed E-state index contributed by atoms with van der Waals surface area (Å²) in [6.45, 7) is 3.52. The van der Waals surface area contributed by atoms with Crippen molar-refractivity contribution in [3.63, 3.8) is 0 Å². The summed E-state index contributed by atoms with van der Waals surface area (Å²) in [6.07, 6.45) is 0.542. The van der Waals surface area contributed by atoms with E-state index in [2.05, 4.69) is 5.10 Å². The highest BCUT2D eigenvalue weighted by molar-refractivity contribution is 7.80. The van der Waals surface area contributed by atoms with Crippen molar-refractivity contribution in [3.8, 4) is 0 Å². The summed E-state index contributed by atoms with van der Waals surface area (Å²) >= 11 is 4.74. The molecule has 1 heterocycles. The minimum absolute atomic E-state index is 0.0700. The minimum atomic E-state index is -0.996. The third-order valence-electron chi connectivity index (χ3n) is 2.19. The summed E-state index contributed by atoms with van der Waals surface area (Å²) < 4.78 is 1.23. The lowest BCUT2D eigenvalue weighted by Gasteiger charge is -2.17. The first kappa shape index (κ1) is 10.9. The van der Waals surface area contributed by atoms with Crippen LogP contribution in [0.25, 0.3) is 0 Å². The maximum Gasteiger partial charge on any atom is 0.193 e. The molecular formula is C8H14N4OS. The second-order valence-corrected chi connectivity index (χ2v) is 3.75. The van der Waals surface area contributed by atoms with E-state index in [9.17, 15) is 5.11 Å². The molecule has 6 heteroatoms. The zero-order chi connectivity index (χ0) is 10.9. The first-order valence-corrected chi connectivity index (χ1v) is 4.67. The Labute approximate surface area is 87.7 Å². The Morgan fingerprint density at radius 3 is 2.71 bits per heavy atom. The molecule has 14 heavy (non-hydrogen) atoms. The number of nitrogens with two attached hydrogens (primary N) is 2. The van der Waals surface area contributed by atoms with Gasteiger partial charge in [-0.25, -0.2) is 0 Å². The molecule has 1 aromatic rings. The average Bonchev–Trinajstić information content (AvgIpc) is 2.48. The second kappa shape index (κ2) is 3.55. The fourth-order valence-electron chi connectivity index (χ4n) is 1.02. The molecular weight excluding hydrogens is 200 g/mol. The maximum atomic E-state index is 9.90. The topological polar surface area (TPSA) is 90.1 Å². The predicted molar refractivity (Wildman–Crippen MR) is 58.7 cm³/mol. The van der Waals surface area contributed by atoms with Crippen LogP contribution in [0, 0.1) is 0 Å². The fourth-order valence-corrected chi connectivity index (χ4v) is 1.16. The molecule has 0 fully saturated rings. The highest BCUT2D eigenvalue weighted by atomic mass is 32.1. The van der Waals surface area contributed by atoms with E-state index in [0.717, 1.165) is 0 Å². The van der Waals surface area contributed by atoms with Gasteiger partial charge in [-0.05, 0) is 25.6 Å². The van der Waals surface area contributed by atoms with E-state index in [1.54, 1.807) is 13.0 Å². The number of anilines is 1. The van der Waals surface area contributed by atoms with Crippen molar-refractivity contribution in [2.45, 2.75) is 25.9 Å². The number of aromatic nitrogens is 2. The third kappa shape index (κ3) is 1.85. The van der Waals surface area contributed by atoms with Crippen LogP contribution in [0.5, 0.6) is 0 Å². The quantitative estimate of drug-likeness (QED) is 0.611. The van der Waals surface area contributed by atoms with E-state index in [4.69, 9.17) is 23.7 Å². The van der Waals surface area contributed by atoms with Crippen LogP contribution >= 0.6 is 12.2 Å². The normalized spacial score (nSPS) is 15.1. The van der Waals surface area contributed by atoms with Gasteiger partial charge in [0.2, 0.25) is 0 Å². The van der Waals surface area contributed by atoms with Gasteiger partial charge in [0.25, 0.3) is 0 Å². The third-order valence-corrected chi connectivity index (χ3v) is 2.36. The molecule has 1 aromatic heterocycles. The van der Waals surface area contributed by atoms with Crippen LogP contribution in [-0.4, -0.2) is 20.0 Å². The maximum absolute atomic E-state index is 9.90. The first-order valence-electron chi connectivity index (χ1n) is 4.26. The van der Waals surface area contributed by atoms with Crippen molar-refractivity contribution in [1.82, 2.24) is 9.78 Å². The van der Waals surface area contributed by atoms with Crippen LogP contribution in [0.4, 0.5) is 5.82 Å². The van der Waals surface area contributed by atoms with Gasteiger partial charge in [-0.15, -0.1) is 0 Å². The summed E-state index contributed by atoms with van der Waals surface area (Å²) in [5, 5.41) is 14.0. The van der Waals surface area contributed by atoms with Crippen molar-refractivity contribution in [1.29, 1.82) is 0 Å². The van der Waals surface area contributed by atoms with Crippen LogP contribution in [0.2, 0.25) is 0 Å². The molecule has 0 bridgehead atoms. The molecule has 1 rings (SSSR count). The molecule has 0 spiro atoms. The van der Waals surface area contributed by atoms with Gasteiger partial charge in [0.1, 0.15) is 11.4 Å². The van der Waals surface area contributed by atoms with E-state index in [0.29, 0.717) is 17.9 Å². The van der Waals surface area contributed by atoms with Crippen molar-refractivity contribution in [2.75, 3.05) is 5.73 Å². The largest absolute Gasteiger partial charge is 0.384 e. The minimum Gasteiger partial charge on any atom is -0.384 e. The number of thiocarbonyl (C=S) groups is 1. The zero-order valence-corrected chi connectivity index (χ0v) is 9.01. The van der Waals surface area contributed by atoms with E-state index in [1.807, 2.05) is 6.92 Å². The molecule has 0 saturated heterocycles. The van der Waals surface area contributed by atoms with Crippen LogP contribution < -0.4 is 11.5 Å². The van der Waals surface area contributed by atoms with Gasteiger partial charge in [0.15, 0.2) is 5.11 Å². The van der Waals surface area contributed by atoms with Crippen molar-refractivity contribution < 1.29 is 5.11 Å². The lowest BCUT2D eigenvalue weighted by molar-refractivity contribution is 0.0482. The molecule has 78 valence electrons. The first-order chi connectivity index (χ1) is 6.38. The van der Waals surface area contributed by atoms with E-state index in [-0.39, 0.29) is 5.11 Å². The van der Waals surface area contributed by atoms with Gasteiger partial charge in [0.05, 0.1) is 5.69 Å². The predicted octanol–water partition coefficient (Wildman–Crippen LogP) is 0.175. The Hall–Kier alpha value is -1.14. The number of aliphatic hydroxyl groups is 1. The number of hydrogen-bond donors (Lipinski definition) is 3. The van der Waals surface area contributed by atoms with Gasteiger partial charge in [-0.3, -0.25) is 0 Å². The van der Waals surface area contributed by atoms with Crippen molar-refractivity contribution in [3.05, 3.63) is 11.8 Å². The summed E-state index contributed by atoms with van der Waals surface area (Å²) in [4.78, 5) is 0. The Balaban J connectivity index is 3.15. The van der Waals surface area contributed by atoms with Crippen molar-refractivity contribution >= 4 is 23.1 Å². The second-order valence-electron chi connectivity index (χ2n) is 3.33. The highest BCUT2D eigenvalue weighted by Crippen LogP contribution is 2.24. The molecule has 0 amide bonds. The number of hydrogen-bond acceptors (Lipinski definition) is 4. The molecule has 5 N–H and O–H groups in total. The zero-order valence-electron chi connectivity index (χ0n) is 8.19. The van der Waals surface area contributed by atoms with E-state index >= 15 is 0 Å². The molecule has 0 aliphatic rings. The molecule has 0 saturated carbocycles. The average molecular weight is 214 g/mol. The van der Waals surface area contributed by atoms with Gasteiger partial charge in [-0.1, -0.05) is 6.92 Å². The lowest BCUT2D eigenvalue weighted by atomic mass is 10.00. The fraction of sp³-hybridized carbons (Fsp3) is 0.500. The molecule has 1 atom stereocenters. The standard InChI is InChI=1S/C8H14N4OS/c1-3-8(2,13)5-4-6(9)12(11-5)7(10)14/h4,13H,3,9H2,1-2H3,(H2,10,14). The molecule has 0 aliphatic heterocycles. The summed E-state index contributed by atoms with van der Waals surface area (Å²) in [5.41, 5.74) is 10.5. The van der Waals surface area contributed by atoms with Crippen LogP contribution in [0.1, 0.15) is 26.0 Å². The Morgan fingerprint density at radius 2 is 2.36 bits per heavy atom. The van der Waals surface area contributed by atoms with E-state index in [1.165, 1.54) is 4.68 Å². The smallest absolute Gasteiger partial charge is 0.193 e. The van der Waals surface area contributed by atoms with Crippen LogP contribution in [-0.2, 0) is 5.60 Å². The van der Waals surface area contributed by atoms with E-state index < -0.39 is 5.60 Å². The van der Waals surface area contributed by atoms with Gasteiger partial charge < -0.3 is 16.6 Å². The molecule has 0 radical (unpaired) electrons. The van der Waals surface area contributed by atoms with Gasteiger partial charge >= 0.3 is 0 Å². The summed E-state index contributed by atoms with van der Waals surface area (Å²) in [7, 11) is 0. The SMILES string of the molecule is CCC(C)(O)c1cc(N)n(C(N)=S)n1. The monoisotopic (exact) mass is 214 g/mol. The van der Waals surface area contributed by atoms with Crippen LogP contribution in [0.3, 0.4) is 0 Å².